The van der Waals surface area contributed by atoms with E-state index in [4.69, 9.17) is 18.6 Å². The van der Waals surface area contributed by atoms with Gasteiger partial charge in [0.1, 0.15) is 12.4 Å². The molecule has 2 aliphatic rings. The van der Waals surface area contributed by atoms with Crippen LogP contribution in [0.15, 0.2) is 6.07 Å². The lowest BCUT2D eigenvalue weighted by Crippen LogP contribution is -2.50. The van der Waals surface area contributed by atoms with E-state index in [1.54, 1.807) is 7.11 Å². The summed E-state index contributed by atoms with van der Waals surface area (Å²) >= 11 is 0. The normalized spacial score (nSPS) is 22.5. The third kappa shape index (κ3) is 4.39. The van der Waals surface area contributed by atoms with Crippen molar-refractivity contribution in [3.8, 4) is 5.75 Å². The predicted molar refractivity (Wildman–Crippen MR) is 121 cm³/mol. The maximum atomic E-state index is 12.2. The van der Waals surface area contributed by atoms with Crippen molar-refractivity contribution in [2.24, 2.45) is 5.41 Å². The van der Waals surface area contributed by atoms with E-state index < -0.39 is 8.32 Å². The molecular weight excluding hydrogens is 412 g/mol. The van der Waals surface area contributed by atoms with Gasteiger partial charge in [-0.05, 0) is 48.0 Å². The summed E-state index contributed by atoms with van der Waals surface area (Å²) in [6.45, 7) is 9.22. The number of ether oxygens (including phenoxy) is 3. The van der Waals surface area contributed by atoms with Crippen LogP contribution in [0, 0.1) is 5.41 Å². The van der Waals surface area contributed by atoms with Gasteiger partial charge >= 0.3 is 11.9 Å². The van der Waals surface area contributed by atoms with Crippen molar-refractivity contribution in [3.63, 3.8) is 0 Å². The van der Waals surface area contributed by atoms with E-state index in [2.05, 4.69) is 27.7 Å². The fourth-order valence-electron chi connectivity index (χ4n) is 5.15. The van der Waals surface area contributed by atoms with Gasteiger partial charge in [0.05, 0.1) is 25.9 Å². The molecule has 1 aromatic carbocycles. The molecule has 1 aliphatic carbocycles. The number of esters is 2. The Morgan fingerprint density at radius 3 is 2.42 bits per heavy atom. The molecule has 172 valence electrons. The van der Waals surface area contributed by atoms with Crippen LogP contribution in [0.5, 0.6) is 5.75 Å². The lowest BCUT2D eigenvalue weighted by Gasteiger charge is -2.47. The van der Waals surface area contributed by atoms with Gasteiger partial charge in [-0.3, -0.25) is 4.79 Å². The second-order valence-electron chi connectivity index (χ2n) is 9.10. The number of cyclic esters (lactones) is 1. The molecule has 6 nitrogen and oxygen atoms in total. The highest BCUT2D eigenvalue weighted by molar-refractivity contribution is 6.73. The summed E-state index contributed by atoms with van der Waals surface area (Å²) in [6.07, 6.45) is 2.45. The fourth-order valence-corrected chi connectivity index (χ4v) is 8.13. The zero-order valence-corrected chi connectivity index (χ0v) is 20.8. The summed E-state index contributed by atoms with van der Waals surface area (Å²) in [5.74, 6) is 0.234. The molecule has 1 heterocycles. The monoisotopic (exact) mass is 448 g/mol. The molecule has 0 N–H and O–H groups in total. The van der Waals surface area contributed by atoms with Gasteiger partial charge in [0, 0.05) is 24.0 Å². The minimum atomic E-state index is -1.87. The first-order valence-electron chi connectivity index (χ1n) is 11.4. The van der Waals surface area contributed by atoms with Crippen molar-refractivity contribution in [3.05, 3.63) is 28.3 Å². The molecule has 31 heavy (non-hydrogen) atoms. The van der Waals surface area contributed by atoms with Gasteiger partial charge in [-0.2, -0.15) is 0 Å². The number of hydrogen-bond donors (Lipinski definition) is 0. The summed E-state index contributed by atoms with van der Waals surface area (Å²) in [5.41, 5.74) is 3.57. The van der Waals surface area contributed by atoms with E-state index in [1.165, 1.54) is 7.11 Å². The Labute approximate surface area is 186 Å². The number of hydrogen-bond acceptors (Lipinski definition) is 6. The number of fused-ring (bicyclic) bond motifs is 3. The molecule has 1 aromatic rings. The number of carbonyl (C=O) groups excluding carboxylic acids is 2. The molecule has 0 amide bonds. The molecule has 2 atom stereocenters. The first-order chi connectivity index (χ1) is 14.8. The predicted octanol–water partition coefficient (Wildman–Crippen LogP) is 4.81. The SMILES string of the molecule is CC[Si](CC)(CC)OC1Cc2c(OC)cc3c(c2C[C@@]1(C)CCC(=O)OC)COC3=O. The number of methoxy groups -OCH3 is 2. The highest BCUT2D eigenvalue weighted by Crippen LogP contribution is 2.48. The molecule has 0 saturated heterocycles. The standard InChI is InChI=1S/C24H36O6Si/c1-7-31(8-2,9-3)30-21-13-16-18(14-24(21,4)11-10-22(25)28-6)19-15-29-23(26)17(19)12-20(16)27-5/h12,21H,7-11,13-15H2,1-6H3/t21?,24-/m1/s1. The highest BCUT2D eigenvalue weighted by atomic mass is 28.4. The molecule has 0 spiro atoms. The van der Waals surface area contributed by atoms with E-state index >= 15 is 0 Å². The Morgan fingerprint density at radius 2 is 1.84 bits per heavy atom. The Hall–Kier alpha value is -1.86. The van der Waals surface area contributed by atoms with Crippen molar-refractivity contribution >= 4 is 20.3 Å². The van der Waals surface area contributed by atoms with Gasteiger partial charge in [0.2, 0.25) is 0 Å². The molecule has 0 radical (unpaired) electrons. The van der Waals surface area contributed by atoms with Crippen LogP contribution in [0.3, 0.4) is 0 Å². The van der Waals surface area contributed by atoms with E-state index in [9.17, 15) is 9.59 Å². The first kappa shape index (κ1) is 23.8. The second kappa shape index (κ2) is 9.33. The quantitative estimate of drug-likeness (QED) is 0.399. The van der Waals surface area contributed by atoms with E-state index in [-0.39, 0.29) is 23.5 Å². The molecule has 1 unspecified atom stereocenters. The van der Waals surface area contributed by atoms with Crippen molar-refractivity contribution in [1.29, 1.82) is 0 Å². The zero-order chi connectivity index (χ0) is 22.8. The first-order valence-corrected chi connectivity index (χ1v) is 13.9. The average Bonchev–Trinajstić information content (AvgIpc) is 3.16. The number of benzene rings is 1. The summed E-state index contributed by atoms with van der Waals surface area (Å²) in [7, 11) is 1.20. The van der Waals surface area contributed by atoms with Crippen LogP contribution >= 0.6 is 0 Å². The van der Waals surface area contributed by atoms with Crippen LogP contribution in [-0.4, -0.2) is 40.6 Å². The number of carbonyl (C=O) groups is 2. The minimum Gasteiger partial charge on any atom is -0.496 e. The largest absolute Gasteiger partial charge is 0.496 e. The van der Waals surface area contributed by atoms with Gasteiger partial charge in [0.25, 0.3) is 0 Å². The Bertz CT molecular complexity index is 839. The van der Waals surface area contributed by atoms with Crippen molar-refractivity contribution in [2.75, 3.05) is 14.2 Å². The van der Waals surface area contributed by atoms with Gasteiger partial charge in [0.15, 0.2) is 8.32 Å². The molecule has 0 fully saturated rings. The Kier molecular flexibility index (Phi) is 7.16. The number of rotatable bonds is 9. The van der Waals surface area contributed by atoms with Gasteiger partial charge < -0.3 is 18.6 Å². The van der Waals surface area contributed by atoms with Crippen molar-refractivity contribution in [1.82, 2.24) is 0 Å². The van der Waals surface area contributed by atoms with E-state index in [0.717, 1.165) is 47.0 Å². The molecule has 7 heteroatoms. The Balaban J connectivity index is 2.06. The molecule has 3 rings (SSSR count). The highest BCUT2D eigenvalue weighted by Gasteiger charge is 2.46. The second-order valence-corrected chi connectivity index (χ2v) is 13.8. The maximum absolute atomic E-state index is 12.2. The topological polar surface area (TPSA) is 71.1 Å². The maximum Gasteiger partial charge on any atom is 0.339 e. The van der Waals surface area contributed by atoms with E-state index in [0.29, 0.717) is 31.4 Å². The summed E-state index contributed by atoms with van der Waals surface area (Å²) in [5, 5.41) is 0. The van der Waals surface area contributed by atoms with Crippen molar-refractivity contribution in [2.45, 2.75) is 84.2 Å². The molecule has 0 aromatic heterocycles. The van der Waals surface area contributed by atoms with Gasteiger partial charge in [-0.25, -0.2) is 4.79 Å². The third-order valence-electron chi connectivity index (χ3n) is 7.61. The van der Waals surface area contributed by atoms with E-state index in [1.807, 2.05) is 6.07 Å². The minimum absolute atomic E-state index is 0.0128. The zero-order valence-electron chi connectivity index (χ0n) is 19.8. The third-order valence-corrected chi connectivity index (χ3v) is 12.3. The lowest BCUT2D eigenvalue weighted by atomic mass is 9.67. The van der Waals surface area contributed by atoms with Crippen LogP contribution in [0.25, 0.3) is 0 Å². The molecule has 0 saturated carbocycles. The smallest absolute Gasteiger partial charge is 0.339 e. The van der Waals surface area contributed by atoms with Crippen LogP contribution in [0.4, 0.5) is 0 Å². The summed E-state index contributed by atoms with van der Waals surface area (Å²) in [4.78, 5) is 24.2. The molecule has 0 bridgehead atoms. The molecule has 1 aliphatic heterocycles. The summed E-state index contributed by atoms with van der Waals surface area (Å²) in [6, 6.07) is 5.03. The van der Waals surface area contributed by atoms with Crippen LogP contribution in [0.2, 0.25) is 18.1 Å². The van der Waals surface area contributed by atoms with Gasteiger partial charge in [-0.1, -0.05) is 27.7 Å². The summed E-state index contributed by atoms with van der Waals surface area (Å²) < 4.78 is 23.0. The Morgan fingerprint density at radius 1 is 1.16 bits per heavy atom. The van der Waals surface area contributed by atoms with Crippen LogP contribution in [-0.2, 0) is 38.1 Å². The molecular formula is C24H36O6Si. The van der Waals surface area contributed by atoms with Crippen LogP contribution in [0.1, 0.15) is 67.6 Å². The lowest BCUT2D eigenvalue weighted by molar-refractivity contribution is -0.141. The van der Waals surface area contributed by atoms with Crippen LogP contribution < -0.4 is 4.74 Å². The van der Waals surface area contributed by atoms with Crippen molar-refractivity contribution < 1.29 is 28.2 Å². The average molecular weight is 449 g/mol. The fraction of sp³-hybridized carbons (Fsp3) is 0.667. The van der Waals surface area contributed by atoms with Gasteiger partial charge in [-0.15, -0.1) is 0 Å².